The number of nitriles is 1. The molecule has 1 saturated heterocycles. The largest absolute Gasteiger partial charge is 0.367 e. The van der Waals surface area contributed by atoms with Crippen LogP contribution in [0.1, 0.15) is 34.3 Å². The van der Waals surface area contributed by atoms with Crippen LogP contribution < -0.4 is 0 Å². The Balaban J connectivity index is 0.000000209. The molecule has 4 nitrogen and oxygen atoms in total. The zero-order valence-electron chi connectivity index (χ0n) is 15.5. The fraction of sp³-hybridized carbons (Fsp3) is 0.273. The molecule has 0 bridgehead atoms. The Hall–Kier alpha value is -2.90. The molecule has 1 N–H and O–H groups in total. The Kier molecular flexibility index (Phi) is 7.13. The molecule has 1 aromatic carbocycles. The standard InChI is InChI=1S/C14H16N2.C8H9NO/c1-16-9-7-13(8-10-16)14(11-15)12-5-3-2-4-6-12;1-3-8(10)7-5-9-4-6(7)2/h2-6H,7-10H2,1H3;3-5,9H,1H2,2H3. The van der Waals surface area contributed by atoms with Gasteiger partial charge in [-0.2, -0.15) is 5.26 Å². The van der Waals surface area contributed by atoms with Crippen molar-refractivity contribution in [3.63, 3.8) is 0 Å². The quantitative estimate of drug-likeness (QED) is 0.509. The zero-order chi connectivity index (χ0) is 18.9. The number of nitrogens with zero attached hydrogens (tertiary/aromatic N) is 2. The van der Waals surface area contributed by atoms with Crippen LogP contribution in [-0.2, 0) is 0 Å². The minimum atomic E-state index is -0.0289. The molecule has 1 aromatic heterocycles. The third kappa shape index (κ3) is 5.05. The minimum absolute atomic E-state index is 0.0289. The number of piperidine rings is 1. The normalized spacial score (nSPS) is 14.0. The second-order valence-corrected chi connectivity index (χ2v) is 6.38. The number of ketones is 1. The van der Waals surface area contributed by atoms with Gasteiger partial charge in [0.05, 0.1) is 11.6 Å². The maximum absolute atomic E-state index is 11.0. The smallest absolute Gasteiger partial charge is 0.187 e. The number of H-pyrrole nitrogens is 1. The van der Waals surface area contributed by atoms with Gasteiger partial charge in [-0.3, -0.25) is 4.79 Å². The maximum Gasteiger partial charge on any atom is 0.187 e. The van der Waals surface area contributed by atoms with Gasteiger partial charge in [-0.05, 0) is 49.6 Å². The number of rotatable bonds is 3. The summed E-state index contributed by atoms with van der Waals surface area (Å²) in [6, 6.07) is 12.4. The van der Waals surface area contributed by atoms with Crippen LogP contribution >= 0.6 is 0 Å². The number of aromatic nitrogens is 1. The molecule has 2 aromatic rings. The summed E-state index contributed by atoms with van der Waals surface area (Å²) in [5, 5.41) is 9.28. The summed E-state index contributed by atoms with van der Waals surface area (Å²) in [4.78, 5) is 16.1. The summed E-state index contributed by atoms with van der Waals surface area (Å²) < 4.78 is 0. The van der Waals surface area contributed by atoms with E-state index in [1.165, 1.54) is 11.6 Å². The minimum Gasteiger partial charge on any atom is -0.367 e. The van der Waals surface area contributed by atoms with E-state index in [0.29, 0.717) is 5.56 Å². The van der Waals surface area contributed by atoms with Crippen LogP contribution in [0, 0.1) is 18.3 Å². The first-order chi connectivity index (χ1) is 12.6. The van der Waals surface area contributed by atoms with Crippen LogP contribution in [0.5, 0.6) is 0 Å². The summed E-state index contributed by atoms with van der Waals surface area (Å²) in [5.74, 6) is -0.0289. The van der Waals surface area contributed by atoms with Crippen molar-refractivity contribution < 1.29 is 4.79 Å². The van der Waals surface area contributed by atoms with Gasteiger partial charge in [-0.1, -0.05) is 36.9 Å². The monoisotopic (exact) mass is 347 g/mol. The number of allylic oxidation sites excluding steroid dienone is 2. The molecule has 0 amide bonds. The molecule has 1 aliphatic heterocycles. The Labute approximate surface area is 155 Å². The Morgan fingerprint density at radius 1 is 1.23 bits per heavy atom. The summed E-state index contributed by atoms with van der Waals surface area (Å²) in [5.41, 5.74) is 4.92. The summed E-state index contributed by atoms with van der Waals surface area (Å²) in [7, 11) is 2.13. The predicted octanol–water partition coefficient (Wildman–Crippen LogP) is 4.38. The third-order valence-corrected chi connectivity index (χ3v) is 4.52. The number of hydrogen-bond donors (Lipinski definition) is 1. The molecule has 1 aliphatic rings. The number of nitrogens with one attached hydrogen (secondary N) is 1. The predicted molar refractivity (Wildman–Crippen MR) is 106 cm³/mol. The summed E-state index contributed by atoms with van der Waals surface area (Å²) in [6.45, 7) is 7.40. The first-order valence-corrected chi connectivity index (χ1v) is 8.73. The average molecular weight is 347 g/mol. The summed E-state index contributed by atoms with van der Waals surface area (Å²) in [6.07, 6.45) is 6.83. The molecule has 4 heteroatoms. The second kappa shape index (κ2) is 9.55. The zero-order valence-corrected chi connectivity index (χ0v) is 15.5. The van der Waals surface area contributed by atoms with Gasteiger partial charge in [0, 0.05) is 31.0 Å². The first kappa shape index (κ1) is 19.4. The number of likely N-dealkylation sites (tertiary alicyclic amines) is 1. The fourth-order valence-electron chi connectivity index (χ4n) is 2.91. The van der Waals surface area contributed by atoms with E-state index in [9.17, 15) is 10.1 Å². The molecule has 0 aliphatic carbocycles. The van der Waals surface area contributed by atoms with Crippen molar-refractivity contribution >= 4 is 11.4 Å². The lowest BCUT2D eigenvalue weighted by Gasteiger charge is -2.25. The molecule has 1 fully saturated rings. The molecular weight excluding hydrogens is 322 g/mol. The van der Waals surface area contributed by atoms with Crippen LogP contribution in [0.25, 0.3) is 5.57 Å². The van der Waals surface area contributed by atoms with Gasteiger partial charge in [0.1, 0.15) is 0 Å². The number of aryl methyl sites for hydroxylation is 1. The molecule has 0 atom stereocenters. The highest BCUT2D eigenvalue weighted by molar-refractivity contribution is 6.05. The van der Waals surface area contributed by atoms with E-state index in [1.54, 1.807) is 12.4 Å². The maximum atomic E-state index is 11.0. The topological polar surface area (TPSA) is 59.9 Å². The van der Waals surface area contributed by atoms with Gasteiger partial charge in [0.2, 0.25) is 0 Å². The highest BCUT2D eigenvalue weighted by Gasteiger charge is 2.15. The van der Waals surface area contributed by atoms with Gasteiger partial charge in [-0.15, -0.1) is 0 Å². The van der Waals surface area contributed by atoms with Gasteiger partial charge >= 0.3 is 0 Å². The van der Waals surface area contributed by atoms with E-state index >= 15 is 0 Å². The molecule has 26 heavy (non-hydrogen) atoms. The van der Waals surface area contributed by atoms with E-state index < -0.39 is 0 Å². The van der Waals surface area contributed by atoms with E-state index in [4.69, 9.17) is 0 Å². The van der Waals surface area contributed by atoms with E-state index in [2.05, 4.69) is 29.6 Å². The van der Waals surface area contributed by atoms with Gasteiger partial charge in [-0.25, -0.2) is 0 Å². The van der Waals surface area contributed by atoms with Crippen LogP contribution in [0.2, 0.25) is 0 Å². The summed E-state index contributed by atoms with van der Waals surface area (Å²) >= 11 is 0. The van der Waals surface area contributed by atoms with E-state index in [1.807, 2.05) is 37.3 Å². The Morgan fingerprint density at radius 2 is 1.88 bits per heavy atom. The molecule has 0 saturated carbocycles. The Morgan fingerprint density at radius 3 is 2.38 bits per heavy atom. The van der Waals surface area contributed by atoms with Crippen molar-refractivity contribution in [2.24, 2.45) is 0 Å². The fourth-order valence-corrected chi connectivity index (χ4v) is 2.91. The molecule has 0 spiro atoms. The first-order valence-electron chi connectivity index (χ1n) is 8.73. The van der Waals surface area contributed by atoms with Gasteiger partial charge in [0.25, 0.3) is 0 Å². The second-order valence-electron chi connectivity index (χ2n) is 6.38. The highest BCUT2D eigenvalue weighted by Crippen LogP contribution is 2.25. The molecule has 2 heterocycles. The van der Waals surface area contributed by atoms with Crippen LogP contribution in [0.4, 0.5) is 0 Å². The van der Waals surface area contributed by atoms with Crippen molar-refractivity contribution in [3.05, 3.63) is 77.6 Å². The van der Waals surface area contributed by atoms with Crippen molar-refractivity contribution in [2.75, 3.05) is 20.1 Å². The highest BCUT2D eigenvalue weighted by atomic mass is 16.1. The van der Waals surface area contributed by atoms with Gasteiger partial charge in [0.15, 0.2) is 5.78 Å². The van der Waals surface area contributed by atoms with Crippen LogP contribution in [0.3, 0.4) is 0 Å². The van der Waals surface area contributed by atoms with Crippen molar-refractivity contribution in [2.45, 2.75) is 19.8 Å². The molecule has 0 radical (unpaired) electrons. The lowest BCUT2D eigenvalue weighted by Crippen LogP contribution is -2.26. The van der Waals surface area contributed by atoms with Crippen LogP contribution in [0.15, 0.2) is 61.0 Å². The van der Waals surface area contributed by atoms with Crippen molar-refractivity contribution in [1.29, 1.82) is 5.26 Å². The average Bonchev–Trinajstić information content (AvgIpc) is 3.11. The number of benzene rings is 1. The lowest BCUT2D eigenvalue weighted by atomic mass is 9.94. The number of aromatic amines is 1. The van der Waals surface area contributed by atoms with E-state index in [-0.39, 0.29) is 5.78 Å². The number of hydrogen-bond acceptors (Lipinski definition) is 3. The molecule has 3 rings (SSSR count). The molecule has 134 valence electrons. The molecular formula is C22H25N3O. The van der Waals surface area contributed by atoms with Crippen LogP contribution in [-0.4, -0.2) is 35.8 Å². The van der Waals surface area contributed by atoms with Crippen molar-refractivity contribution in [3.8, 4) is 6.07 Å². The Bertz CT molecular complexity index is 815. The molecule has 0 unspecified atom stereocenters. The third-order valence-electron chi connectivity index (χ3n) is 4.52. The van der Waals surface area contributed by atoms with Gasteiger partial charge < -0.3 is 9.88 Å². The van der Waals surface area contributed by atoms with Crippen molar-refractivity contribution in [1.82, 2.24) is 9.88 Å². The number of carbonyl (C=O) groups excluding carboxylic acids is 1. The van der Waals surface area contributed by atoms with E-state index in [0.717, 1.165) is 42.6 Å². The lowest BCUT2D eigenvalue weighted by molar-refractivity contribution is 0.104. The SMILES string of the molecule is C=CC(=O)c1c[nH]cc1C.CN1CCC(=C(C#N)c2ccccc2)CC1. The number of carbonyl (C=O) groups is 1.